The van der Waals surface area contributed by atoms with E-state index in [0.717, 1.165) is 11.3 Å². The van der Waals surface area contributed by atoms with Crippen LogP contribution in [0.4, 0.5) is 11.6 Å². The summed E-state index contributed by atoms with van der Waals surface area (Å²) < 4.78 is 1.78. The lowest BCUT2D eigenvalue weighted by Gasteiger charge is -2.32. The summed E-state index contributed by atoms with van der Waals surface area (Å²) in [5.41, 5.74) is 3.27. The monoisotopic (exact) mass is 456 g/mol. The summed E-state index contributed by atoms with van der Waals surface area (Å²) in [5, 5.41) is 11.5. The van der Waals surface area contributed by atoms with Crippen molar-refractivity contribution >= 4 is 29.3 Å². The quantitative estimate of drug-likeness (QED) is 0.431. The van der Waals surface area contributed by atoms with Crippen LogP contribution in [0, 0.1) is 5.92 Å². The highest BCUT2D eigenvalue weighted by Crippen LogP contribution is 2.38. The summed E-state index contributed by atoms with van der Waals surface area (Å²) in [7, 11) is 0. The standard InChI is InChI=1S/C24H21N7OS/c1-16-20(22(32)28-19-10-6-12-26-14-19)21(18-9-5-11-25-13-18)31-23(27-16)29-24(30-31)33-15-17-7-3-2-4-8-17/h2-14,20-21H,1,15H2,(H,28,32)(H,27,29,30)/p+1. The molecule has 33 heavy (non-hydrogen) atoms. The Labute approximate surface area is 195 Å². The number of aromatic amines is 1. The van der Waals surface area contributed by atoms with Crippen LogP contribution >= 0.6 is 11.8 Å². The van der Waals surface area contributed by atoms with Gasteiger partial charge in [0.1, 0.15) is 12.0 Å². The number of hydrogen-bond donors (Lipinski definition) is 2. The molecule has 1 aliphatic rings. The van der Waals surface area contributed by atoms with Crippen molar-refractivity contribution < 1.29 is 9.78 Å². The molecule has 1 aromatic carbocycles. The van der Waals surface area contributed by atoms with Gasteiger partial charge in [-0.15, -0.1) is 5.10 Å². The number of carbonyl (C=O) groups is 1. The molecule has 0 spiro atoms. The van der Waals surface area contributed by atoms with E-state index in [1.807, 2.05) is 42.7 Å². The Balaban J connectivity index is 1.47. The van der Waals surface area contributed by atoms with Gasteiger partial charge in [-0.2, -0.15) is 4.98 Å². The van der Waals surface area contributed by atoms with Crippen LogP contribution in [-0.2, 0) is 10.5 Å². The summed E-state index contributed by atoms with van der Waals surface area (Å²) in [5.74, 6) is 0.506. The SMILES string of the molecule is C=C1Nc2nc(SCc3ccccc3)nn2C(c2ccc[nH+]c2)C1C(=O)Nc1cccnc1. The number of anilines is 2. The largest absolute Gasteiger partial charge is 0.328 e. The van der Waals surface area contributed by atoms with E-state index in [0.29, 0.717) is 22.5 Å². The number of pyridine rings is 2. The number of aromatic nitrogens is 5. The van der Waals surface area contributed by atoms with Crippen molar-refractivity contribution in [1.82, 2.24) is 19.7 Å². The van der Waals surface area contributed by atoms with Crippen LogP contribution in [0.5, 0.6) is 0 Å². The van der Waals surface area contributed by atoms with Gasteiger partial charge in [0.15, 0.2) is 12.4 Å². The molecule has 3 aromatic heterocycles. The van der Waals surface area contributed by atoms with E-state index in [4.69, 9.17) is 5.10 Å². The Morgan fingerprint density at radius 3 is 2.82 bits per heavy atom. The van der Waals surface area contributed by atoms with E-state index in [1.165, 1.54) is 5.56 Å². The van der Waals surface area contributed by atoms with E-state index < -0.39 is 12.0 Å². The van der Waals surface area contributed by atoms with Gasteiger partial charge < -0.3 is 10.6 Å². The molecule has 2 unspecified atom stereocenters. The fourth-order valence-corrected chi connectivity index (χ4v) is 4.59. The van der Waals surface area contributed by atoms with E-state index in [1.54, 1.807) is 41.0 Å². The minimum Gasteiger partial charge on any atom is -0.328 e. The molecule has 2 atom stereocenters. The number of rotatable bonds is 6. The van der Waals surface area contributed by atoms with E-state index in [2.05, 4.69) is 44.3 Å². The Morgan fingerprint density at radius 1 is 1.18 bits per heavy atom. The average Bonchev–Trinajstić information content (AvgIpc) is 3.26. The third-order valence-electron chi connectivity index (χ3n) is 5.33. The zero-order valence-corrected chi connectivity index (χ0v) is 18.5. The fraction of sp³-hybridized carbons (Fsp3) is 0.125. The molecule has 3 N–H and O–H groups in total. The summed E-state index contributed by atoms with van der Waals surface area (Å²) in [4.78, 5) is 25.2. The van der Waals surface area contributed by atoms with Crippen molar-refractivity contribution in [3.63, 3.8) is 0 Å². The molecular weight excluding hydrogens is 434 g/mol. The van der Waals surface area contributed by atoms with Crippen LogP contribution in [0.25, 0.3) is 0 Å². The lowest BCUT2D eigenvalue weighted by atomic mass is 9.89. The molecule has 5 rings (SSSR count). The Morgan fingerprint density at radius 2 is 2.06 bits per heavy atom. The highest BCUT2D eigenvalue weighted by atomic mass is 32.2. The third kappa shape index (κ3) is 4.49. The number of benzene rings is 1. The molecule has 8 nitrogen and oxygen atoms in total. The Bertz CT molecular complexity index is 1260. The number of H-pyrrole nitrogens is 1. The Kier molecular flexibility index (Phi) is 5.86. The van der Waals surface area contributed by atoms with Crippen LogP contribution in [-0.4, -0.2) is 25.7 Å². The fourth-order valence-electron chi connectivity index (χ4n) is 3.80. The molecule has 0 aliphatic carbocycles. The molecule has 164 valence electrons. The maximum absolute atomic E-state index is 13.4. The molecule has 9 heteroatoms. The second-order valence-electron chi connectivity index (χ2n) is 7.58. The van der Waals surface area contributed by atoms with Crippen molar-refractivity contribution in [2.75, 3.05) is 10.6 Å². The predicted octanol–water partition coefficient (Wildman–Crippen LogP) is 3.56. The van der Waals surface area contributed by atoms with Crippen LogP contribution < -0.4 is 15.6 Å². The van der Waals surface area contributed by atoms with Crippen LogP contribution in [0.1, 0.15) is 17.2 Å². The van der Waals surface area contributed by atoms with E-state index >= 15 is 0 Å². The van der Waals surface area contributed by atoms with Crippen LogP contribution in [0.2, 0.25) is 0 Å². The molecule has 0 fully saturated rings. The molecule has 1 aliphatic heterocycles. The second-order valence-corrected chi connectivity index (χ2v) is 8.52. The number of nitrogens with one attached hydrogen (secondary N) is 3. The van der Waals surface area contributed by atoms with Crippen molar-refractivity contribution in [3.05, 3.63) is 103 Å². The maximum Gasteiger partial charge on any atom is 0.236 e. The number of thioether (sulfide) groups is 1. The Hall–Kier alpha value is -3.98. The highest BCUT2D eigenvalue weighted by Gasteiger charge is 2.41. The van der Waals surface area contributed by atoms with Gasteiger partial charge in [-0.3, -0.25) is 9.78 Å². The normalized spacial score (nSPS) is 17.2. The van der Waals surface area contributed by atoms with E-state index in [-0.39, 0.29) is 5.91 Å². The first kappa shape index (κ1) is 20.9. The molecule has 0 radical (unpaired) electrons. The van der Waals surface area contributed by atoms with Crippen molar-refractivity contribution in [1.29, 1.82) is 0 Å². The lowest BCUT2D eigenvalue weighted by molar-refractivity contribution is -0.379. The number of hydrogen-bond acceptors (Lipinski definition) is 6. The minimum absolute atomic E-state index is 0.200. The second kappa shape index (κ2) is 9.25. The predicted molar refractivity (Wildman–Crippen MR) is 126 cm³/mol. The zero-order valence-electron chi connectivity index (χ0n) is 17.7. The summed E-state index contributed by atoms with van der Waals surface area (Å²) in [6.45, 7) is 4.15. The molecule has 0 bridgehead atoms. The summed E-state index contributed by atoms with van der Waals surface area (Å²) in [6, 6.07) is 17.2. The van der Waals surface area contributed by atoms with E-state index in [9.17, 15) is 4.79 Å². The molecular formula is C24H22N7OS+. The average molecular weight is 457 g/mol. The first-order valence-corrected chi connectivity index (χ1v) is 11.4. The van der Waals surface area contributed by atoms with Gasteiger partial charge in [0.2, 0.25) is 17.0 Å². The number of fused-ring (bicyclic) bond motifs is 1. The van der Waals surface area contributed by atoms with Gasteiger partial charge in [-0.1, -0.05) is 48.7 Å². The van der Waals surface area contributed by atoms with Crippen LogP contribution in [0.15, 0.2) is 96.8 Å². The molecule has 4 aromatic rings. The van der Waals surface area contributed by atoms with Gasteiger partial charge in [0, 0.05) is 29.3 Å². The molecule has 0 saturated carbocycles. The molecule has 4 heterocycles. The molecule has 1 amide bonds. The first-order chi connectivity index (χ1) is 16.2. The van der Waals surface area contributed by atoms with Crippen molar-refractivity contribution in [2.45, 2.75) is 17.0 Å². The lowest BCUT2D eigenvalue weighted by Crippen LogP contribution is -2.39. The number of nitrogens with zero attached hydrogens (tertiary/aromatic N) is 4. The van der Waals surface area contributed by atoms with Gasteiger partial charge >= 0.3 is 0 Å². The van der Waals surface area contributed by atoms with Crippen molar-refractivity contribution in [2.24, 2.45) is 5.92 Å². The minimum atomic E-state index is -0.609. The third-order valence-corrected chi connectivity index (χ3v) is 6.24. The van der Waals surface area contributed by atoms with Gasteiger partial charge in [-0.05, 0) is 23.8 Å². The summed E-state index contributed by atoms with van der Waals surface area (Å²) in [6.07, 6.45) is 6.97. The topological polar surface area (TPSA) is 98.9 Å². The smallest absolute Gasteiger partial charge is 0.236 e. The number of carbonyl (C=O) groups excluding carboxylic acids is 1. The summed E-state index contributed by atoms with van der Waals surface area (Å²) >= 11 is 1.55. The first-order valence-electron chi connectivity index (χ1n) is 10.4. The van der Waals surface area contributed by atoms with Gasteiger partial charge in [-0.25, -0.2) is 9.67 Å². The van der Waals surface area contributed by atoms with Gasteiger partial charge in [0.05, 0.1) is 11.9 Å². The van der Waals surface area contributed by atoms with Crippen molar-refractivity contribution in [3.8, 4) is 0 Å². The highest BCUT2D eigenvalue weighted by molar-refractivity contribution is 7.98. The number of amides is 1. The maximum atomic E-state index is 13.4. The zero-order chi connectivity index (χ0) is 22.6. The van der Waals surface area contributed by atoms with Gasteiger partial charge in [0.25, 0.3) is 0 Å². The molecule has 0 saturated heterocycles. The van der Waals surface area contributed by atoms with Crippen LogP contribution in [0.3, 0.4) is 0 Å².